The van der Waals surface area contributed by atoms with Crippen LogP contribution in [0.5, 0.6) is 0 Å². The monoisotopic (exact) mass is 181 g/mol. The van der Waals surface area contributed by atoms with E-state index in [-0.39, 0.29) is 5.97 Å². The Morgan fingerprint density at radius 1 is 1.69 bits per heavy atom. The number of rotatable bonds is 3. The fourth-order valence-electron chi connectivity index (χ4n) is 1.94. The molecule has 1 rings (SSSR count). The average molecular weight is 181 g/mol. The molecule has 1 fully saturated rings. The molecule has 0 amide bonds. The zero-order valence-electron chi connectivity index (χ0n) is 8.12. The molecule has 0 bridgehead atoms. The van der Waals surface area contributed by atoms with Gasteiger partial charge in [-0.25, -0.2) is 0 Å². The molecule has 1 atom stereocenters. The highest BCUT2D eigenvalue weighted by atomic mass is 16.5. The minimum atomic E-state index is -0.553. The number of carbonyl (C=O) groups is 1. The van der Waals surface area contributed by atoms with Crippen LogP contribution < -0.4 is 0 Å². The maximum absolute atomic E-state index is 11.1. The summed E-state index contributed by atoms with van der Waals surface area (Å²) in [5, 5.41) is 8.71. The fraction of sp³-hybridized carbons (Fsp3) is 0.800. The lowest BCUT2D eigenvalue weighted by molar-refractivity contribution is -0.144. The molecule has 0 aromatic rings. The van der Waals surface area contributed by atoms with Crippen LogP contribution in [0.1, 0.15) is 26.2 Å². The Labute approximate surface area is 78.7 Å². The van der Waals surface area contributed by atoms with Crippen LogP contribution in [0.3, 0.4) is 0 Å². The second kappa shape index (κ2) is 4.27. The minimum Gasteiger partial charge on any atom is -0.468 e. The van der Waals surface area contributed by atoms with Gasteiger partial charge in [0.15, 0.2) is 0 Å². The molecule has 0 aromatic carbocycles. The molecule has 0 heterocycles. The highest BCUT2D eigenvalue weighted by molar-refractivity contribution is 5.74. The van der Waals surface area contributed by atoms with Gasteiger partial charge in [0.05, 0.1) is 13.2 Å². The average Bonchev–Trinajstić information content (AvgIpc) is 2.09. The molecule has 72 valence electrons. The molecule has 1 saturated carbocycles. The van der Waals surface area contributed by atoms with Gasteiger partial charge in [0, 0.05) is 0 Å². The van der Waals surface area contributed by atoms with Crippen LogP contribution in [0.25, 0.3) is 0 Å². The number of hydrogen-bond acceptors (Lipinski definition) is 3. The van der Waals surface area contributed by atoms with Gasteiger partial charge in [-0.3, -0.25) is 4.79 Å². The van der Waals surface area contributed by atoms with E-state index in [1.54, 1.807) is 0 Å². The van der Waals surface area contributed by atoms with Crippen molar-refractivity contribution in [3.63, 3.8) is 0 Å². The molecule has 0 N–H and O–H groups in total. The van der Waals surface area contributed by atoms with Crippen LogP contribution in [0.4, 0.5) is 0 Å². The van der Waals surface area contributed by atoms with Crippen LogP contribution in [0.2, 0.25) is 0 Å². The molecule has 1 aliphatic rings. The lowest BCUT2D eigenvalue weighted by atomic mass is 9.72. The first-order chi connectivity index (χ1) is 6.17. The van der Waals surface area contributed by atoms with Crippen LogP contribution in [-0.2, 0) is 9.53 Å². The maximum atomic E-state index is 11.1. The summed E-state index contributed by atoms with van der Waals surface area (Å²) in [5.74, 6) is 0.380. The second-order valence-electron chi connectivity index (χ2n) is 3.88. The highest BCUT2D eigenvalue weighted by Gasteiger charge is 2.30. The molecule has 0 radical (unpaired) electrons. The molecule has 0 unspecified atom stereocenters. The third kappa shape index (κ3) is 2.45. The van der Waals surface area contributed by atoms with E-state index in [0.717, 1.165) is 18.8 Å². The number of methoxy groups -OCH3 is 1. The zero-order valence-corrected chi connectivity index (χ0v) is 8.12. The normalized spacial score (nSPS) is 28.4. The van der Waals surface area contributed by atoms with Crippen LogP contribution in [-0.4, -0.2) is 13.1 Å². The third-order valence-corrected chi connectivity index (χ3v) is 2.68. The van der Waals surface area contributed by atoms with Crippen molar-refractivity contribution in [3.8, 4) is 6.07 Å². The Kier molecular flexibility index (Phi) is 3.30. The Balaban J connectivity index is 2.33. The first-order valence-electron chi connectivity index (χ1n) is 4.64. The number of nitrogens with zero attached hydrogens (tertiary/aromatic N) is 1. The van der Waals surface area contributed by atoms with Gasteiger partial charge in [-0.2, -0.15) is 5.26 Å². The van der Waals surface area contributed by atoms with Crippen molar-refractivity contribution in [2.24, 2.45) is 17.8 Å². The molecule has 13 heavy (non-hydrogen) atoms. The van der Waals surface area contributed by atoms with E-state index in [9.17, 15) is 4.79 Å². The molecule has 0 aromatic heterocycles. The van der Waals surface area contributed by atoms with E-state index < -0.39 is 5.92 Å². The van der Waals surface area contributed by atoms with Gasteiger partial charge >= 0.3 is 5.97 Å². The van der Waals surface area contributed by atoms with Gasteiger partial charge in [-0.05, 0) is 31.1 Å². The third-order valence-electron chi connectivity index (χ3n) is 2.68. The van der Waals surface area contributed by atoms with E-state index in [1.807, 2.05) is 6.07 Å². The second-order valence-corrected chi connectivity index (χ2v) is 3.88. The molecule has 3 nitrogen and oxygen atoms in total. The highest BCUT2D eigenvalue weighted by Crippen LogP contribution is 2.37. The summed E-state index contributed by atoms with van der Waals surface area (Å²) in [4.78, 5) is 11.1. The molecular formula is C10H15NO2. The summed E-state index contributed by atoms with van der Waals surface area (Å²) in [7, 11) is 1.33. The number of ether oxygens (including phenoxy) is 1. The van der Waals surface area contributed by atoms with Gasteiger partial charge in [0.1, 0.15) is 5.92 Å². The van der Waals surface area contributed by atoms with Crippen LogP contribution in [0.15, 0.2) is 0 Å². The van der Waals surface area contributed by atoms with Gasteiger partial charge in [-0.1, -0.05) is 6.92 Å². The van der Waals surface area contributed by atoms with Crippen molar-refractivity contribution in [1.82, 2.24) is 0 Å². The Hall–Kier alpha value is -1.04. The Bertz CT molecular complexity index is 226. The van der Waals surface area contributed by atoms with Crippen LogP contribution >= 0.6 is 0 Å². The van der Waals surface area contributed by atoms with Crippen molar-refractivity contribution in [2.75, 3.05) is 7.11 Å². The summed E-state index contributed by atoms with van der Waals surface area (Å²) in [5.41, 5.74) is 0. The predicted molar refractivity (Wildman–Crippen MR) is 47.6 cm³/mol. The Morgan fingerprint density at radius 3 is 2.69 bits per heavy atom. The fourth-order valence-corrected chi connectivity index (χ4v) is 1.94. The molecule has 0 saturated heterocycles. The van der Waals surface area contributed by atoms with E-state index in [1.165, 1.54) is 7.11 Å². The lowest BCUT2D eigenvalue weighted by Crippen LogP contribution is -2.26. The smallest absolute Gasteiger partial charge is 0.323 e. The number of nitriles is 1. The quantitative estimate of drug-likeness (QED) is 0.623. The molecule has 3 heteroatoms. The zero-order chi connectivity index (χ0) is 9.84. The van der Waals surface area contributed by atoms with Crippen molar-refractivity contribution in [3.05, 3.63) is 0 Å². The van der Waals surface area contributed by atoms with Crippen LogP contribution in [0, 0.1) is 29.1 Å². The number of hydrogen-bond donors (Lipinski definition) is 0. The van der Waals surface area contributed by atoms with Crippen molar-refractivity contribution >= 4 is 5.97 Å². The topological polar surface area (TPSA) is 50.1 Å². The maximum Gasteiger partial charge on any atom is 0.323 e. The molecule has 0 spiro atoms. The predicted octanol–water partition coefficient (Wildman–Crippen LogP) is 1.74. The minimum absolute atomic E-state index is 0.387. The van der Waals surface area contributed by atoms with Crippen molar-refractivity contribution in [1.29, 1.82) is 5.26 Å². The number of carbonyl (C=O) groups excluding carboxylic acids is 1. The molecular weight excluding hydrogens is 166 g/mol. The van der Waals surface area contributed by atoms with Gasteiger partial charge in [0.2, 0.25) is 0 Å². The molecule has 0 aliphatic heterocycles. The van der Waals surface area contributed by atoms with E-state index in [0.29, 0.717) is 12.3 Å². The van der Waals surface area contributed by atoms with Crippen molar-refractivity contribution < 1.29 is 9.53 Å². The summed E-state index contributed by atoms with van der Waals surface area (Å²) in [6.45, 7) is 2.19. The summed E-state index contributed by atoms with van der Waals surface area (Å²) < 4.78 is 4.54. The SMILES string of the molecule is COC(=O)[C@H](C#N)CC1CC(C)C1. The van der Waals surface area contributed by atoms with Gasteiger partial charge in [0.25, 0.3) is 0 Å². The lowest BCUT2D eigenvalue weighted by Gasteiger charge is -2.33. The Morgan fingerprint density at radius 2 is 2.31 bits per heavy atom. The summed E-state index contributed by atoms with van der Waals surface area (Å²) in [6.07, 6.45) is 2.97. The first-order valence-corrected chi connectivity index (χ1v) is 4.64. The first kappa shape index (κ1) is 10.0. The van der Waals surface area contributed by atoms with Gasteiger partial charge in [-0.15, -0.1) is 0 Å². The summed E-state index contributed by atoms with van der Waals surface area (Å²) in [6, 6.07) is 1.99. The summed E-state index contributed by atoms with van der Waals surface area (Å²) >= 11 is 0. The standard InChI is InChI=1S/C10H15NO2/c1-7-3-8(4-7)5-9(6-11)10(12)13-2/h7-9H,3-5H2,1-2H3/t7?,8?,9-/m0/s1. The van der Waals surface area contributed by atoms with E-state index >= 15 is 0 Å². The largest absolute Gasteiger partial charge is 0.468 e. The van der Waals surface area contributed by atoms with Crippen molar-refractivity contribution in [2.45, 2.75) is 26.2 Å². The van der Waals surface area contributed by atoms with E-state index in [2.05, 4.69) is 11.7 Å². The van der Waals surface area contributed by atoms with Gasteiger partial charge < -0.3 is 4.74 Å². The molecule has 1 aliphatic carbocycles. The number of esters is 1. The van der Waals surface area contributed by atoms with E-state index in [4.69, 9.17) is 5.26 Å².